The Bertz CT molecular complexity index is 5890. The highest BCUT2D eigenvalue weighted by Gasteiger charge is 2.37. The van der Waals surface area contributed by atoms with Crippen molar-refractivity contribution >= 4 is 43.1 Å². The Morgan fingerprint density at radius 2 is 0.302 bits per heavy atom. The van der Waals surface area contributed by atoms with E-state index in [9.17, 15) is 0 Å². The molecule has 0 fully saturated rings. The van der Waals surface area contributed by atoms with Crippen LogP contribution in [0.25, 0.3) is 177 Å². The van der Waals surface area contributed by atoms with Gasteiger partial charge >= 0.3 is 0 Å². The summed E-state index contributed by atoms with van der Waals surface area (Å²) in [6.07, 6.45) is 0. The molecule has 0 amide bonds. The van der Waals surface area contributed by atoms with Crippen molar-refractivity contribution < 1.29 is 0 Å². The molecular formula is C106H76. The lowest BCUT2D eigenvalue weighted by Gasteiger charge is -2.22. The molecule has 2 aliphatic carbocycles. The topological polar surface area (TPSA) is 0 Å². The summed E-state index contributed by atoms with van der Waals surface area (Å²) < 4.78 is 0. The van der Waals surface area contributed by atoms with Crippen LogP contribution in [0.2, 0.25) is 0 Å². The van der Waals surface area contributed by atoms with Crippen LogP contribution >= 0.6 is 0 Å². The summed E-state index contributed by atoms with van der Waals surface area (Å²) in [6.45, 7) is 9.42. The van der Waals surface area contributed by atoms with E-state index in [0.717, 1.165) is 0 Å². The molecule has 18 aromatic carbocycles. The van der Waals surface area contributed by atoms with Gasteiger partial charge < -0.3 is 0 Å². The molecule has 0 spiro atoms. The highest BCUT2D eigenvalue weighted by atomic mass is 14.4. The molecule has 0 heteroatoms. The van der Waals surface area contributed by atoms with Gasteiger partial charge in [-0.25, -0.2) is 0 Å². The molecule has 0 heterocycles. The first-order valence-corrected chi connectivity index (χ1v) is 37.2. The number of hydrogen-bond donors (Lipinski definition) is 0. The van der Waals surface area contributed by atoms with Gasteiger partial charge in [0.2, 0.25) is 0 Å². The molecular weight excluding hydrogens is 1270 g/mol. The van der Waals surface area contributed by atoms with Crippen LogP contribution in [0.15, 0.2) is 388 Å². The molecule has 0 N–H and O–H groups in total. The summed E-state index contributed by atoms with van der Waals surface area (Å²) in [5.41, 5.74) is 35.9. The summed E-state index contributed by atoms with van der Waals surface area (Å²) in [6, 6.07) is 143. The number of fused-ring (bicyclic) bond motifs is 10. The molecule has 0 bridgehead atoms. The fraction of sp³-hybridized carbons (Fsp3) is 0.0566. The van der Waals surface area contributed by atoms with Gasteiger partial charge in [-0.2, -0.15) is 0 Å². The standard InChI is InChI=1S/C56H42.C50H34/c1-55(2)49-19-11-9-13-41(49)43-31-29-39(33-51(43)55)35-21-25-37(26-22-35)53-45-15-5-7-17-47(45)54(48-18-8-6-16-46(48)53)38-27-23-36(24-28-38)40-30-32-44-42-14-10-12-20-50(42)56(3,4)52(44)34-40;1-3-11-35(12-4-1)37-19-23-39(24-20-37)41-27-31-43(32-28-41)49-45-15-7-9-17-47(45)50(48-18-10-8-16-46(48)49)44-33-29-42(30-34-44)40-25-21-38(22-26-40)36-13-5-2-6-14-36/h5-34H,1-4H3;1-34H. The van der Waals surface area contributed by atoms with Gasteiger partial charge in [-0.15, -0.1) is 0 Å². The first-order chi connectivity index (χ1) is 52.1. The summed E-state index contributed by atoms with van der Waals surface area (Å²) >= 11 is 0. The highest BCUT2D eigenvalue weighted by molar-refractivity contribution is 6.23. The van der Waals surface area contributed by atoms with E-state index in [2.05, 4.69) is 416 Å². The van der Waals surface area contributed by atoms with Gasteiger partial charge in [-0.3, -0.25) is 0 Å². The minimum absolute atomic E-state index is 0.0201. The maximum atomic E-state index is 2.42. The summed E-state index contributed by atoms with van der Waals surface area (Å²) in [5, 5.41) is 10.2. The van der Waals surface area contributed by atoms with Gasteiger partial charge in [0.1, 0.15) is 0 Å². The third-order valence-electron chi connectivity index (χ3n) is 23.0. The molecule has 0 aliphatic heterocycles. The van der Waals surface area contributed by atoms with Crippen LogP contribution in [-0.2, 0) is 10.8 Å². The predicted octanol–water partition coefficient (Wildman–Crippen LogP) is 29.3. The third-order valence-corrected chi connectivity index (χ3v) is 23.0. The second-order valence-electron chi connectivity index (χ2n) is 29.7. The Hall–Kier alpha value is -13.0. The Balaban J connectivity index is 0.000000146. The number of rotatable bonds is 10. The SMILES string of the molecule is CC1(C)c2ccccc2-c2ccc(-c3ccc(-c4c5ccccc5c(-c5ccc(-c6ccc7c(c6)C(C)(C)c6ccccc6-7)cc5)c5ccccc45)cc3)cc21.c1ccc(-c2ccc(-c3ccc(-c4c5ccccc5c(-c5ccc(-c6ccc(-c7ccccc7)cc6)cc5)c5ccccc45)cc3)cc2)cc1. The molecule has 0 atom stereocenters. The quantitative estimate of drug-likeness (QED) is 0.120. The van der Waals surface area contributed by atoms with Crippen LogP contribution < -0.4 is 0 Å². The Morgan fingerprint density at radius 3 is 0.547 bits per heavy atom. The van der Waals surface area contributed by atoms with E-state index in [1.54, 1.807) is 0 Å². The van der Waals surface area contributed by atoms with E-state index < -0.39 is 0 Å². The second-order valence-corrected chi connectivity index (χ2v) is 29.7. The van der Waals surface area contributed by atoms with E-state index in [1.165, 1.54) is 199 Å². The molecule has 20 rings (SSSR count). The normalized spacial score (nSPS) is 12.9. The molecule has 0 saturated carbocycles. The lowest BCUT2D eigenvalue weighted by atomic mass is 9.81. The van der Waals surface area contributed by atoms with Crippen LogP contribution in [-0.4, -0.2) is 0 Å². The minimum Gasteiger partial charge on any atom is -0.0622 e. The van der Waals surface area contributed by atoms with Crippen molar-refractivity contribution in [2.45, 2.75) is 38.5 Å². The zero-order chi connectivity index (χ0) is 71.0. The molecule has 2 aliphatic rings. The van der Waals surface area contributed by atoms with Crippen molar-refractivity contribution in [3.63, 3.8) is 0 Å². The van der Waals surface area contributed by atoms with E-state index in [-0.39, 0.29) is 10.8 Å². The zero-order valence-corrected chi connectivity index (χ0v) is 60.0. The van der Waals surface area contributed by atoms with Crippen LogP contribution in [0.1, 0.15) is 49.9 Å². The van der Waals surface area contributed by atoms with E-state index in [4.69, 9.17) is 0 Å². The van der Waals surface area contributed by atoms with Crippen LogP contribution in [0.4, 0.5) is 0 Å². The van der Waals surface area contributed by atoms with Crippen molar-refractivity contribution in [1.29, 1.82) is 0 Å². The number of benzene rings is 18. The summed E-state index contributed by atoms with van der Waals surface area (Å²) in [7, 11) is 0. The van der Waals surface area contributed by atoms with Gasteiger partial charge in [0.25, 0.3) is 0 Å². The van der Waals surface area contributed by atoms with Crippen LogP contribution in [0, 0.1) is 0 Å². The summed E-state index contributed by atoms with van der Waals surface area (Å²) in [4.78, 5) is 0. The highest BCUT2D eigenvalue weighted by Crippen LogP contribution is 2.53. The fourth-order valence-corrected chi connectivity index (χ4v) is 17.6. The monoisotopic (exact) mass is 1350 g/mol. The van der Waals surface area contributed by atoms with Gasteiger partial charge in [0.15, 0.2) is 0 Å². The van der Waals surface area contributed by atoms with Crippen molar-refractivity contribution in [1.82, 2.24) is 0 Å². The molecule has 0 saturated heterocycles. The average Bonchev–Trinajstić information content (AvgIpc) is 0.866. The largest absolute Gasteiger partial charge is 0.0622 e. The van der Waals surface area contributed by atoms with Gasteiger partial charge in [0, 0.05) is 10.8 Å². The lowest BCUT2D eigenvalue weighted by molar-refractivity contribution is 0.660. The smallest absolute Gasteiger partial charge is 0.0159 e. The molecule has 0 aromatic heterocycles. The summed E-state index contributed by atoms with van der Waals surface area (Å²) in [5.74, 6) is 0. The van der Waals surface area contributed by atoms with Crippen molar-refractivity contribution in [2.75, 3.05) is 0 Å². The number of hydrogen-bond acceptors (Lipinski definition) is 0. The Morgan fingerprint density at radius 1 is 0.132 bits per heavy atom. The Kier molecular flexibility index (Phi) is 15.7. The average molecular weight is 1350 g/mol. The molecule has 0 nitrogen and oxygen atoms in total. The van der Waals surface area contributed by atoms with Crippen molar-refractivity contribution in [2.24, 2.45) is 0 Å². The van der Waals surface area contributed by atoms with Gasteiger partial charge in [-0.1, -0.05) is 404 Å². The molecule has 0 unspecified atom stereocenters. The van der Waals surface area contributed by atoms with E-state index in [1.807, 2.05) is 0 Å². The maximum Gasteiger partial charge on any atom is 0.0159 e. The van der Waals surface area contributed by atoms with Gasteiger partial charge in [-0.05, 0) is 211 Å². The van der Waals surface area contributed by atoms with Crippen LogP contribution in [0.3, 0.4) is 0 Å². The zero-order valence-electron chi connectivity index (χ0n) is 60.0. The van der Waals surface area contributed by atoms with Crippen molar-refractivity contribution in [3.8, 4) is 134 Å². The van der Waals surface area contributed by atoms with E-state index >= 15 is 0 Å². The van der Waals surface area contributed by atoms with E-state index in [0.29, 0.717) is 0 Å². The first-order valence-electron chi connectivity index (χ1n) is 37.2. The van der Waals surface area contributed by atoms with Crippen molar-refractivity contribution in [3.05, 3.63) is 411 Å². The molecule has 106 heavy (non-hydrogen) atoms. The first kappa shape index (κ1) is 63.9. The Labute approximate surface area is 621 Å². The van der Waals surface area contributed by atoms with Crippen LogP contribution in [0.5, 0.6) is 0 Å². The minimum atomic E-state index is -0.0201. The lowest BCUT2D eigenvalue weighted by Crippen LogP contribution is -2.14. The molecule has 18 aromatic rings. The predicted molar refractivity (Wildman–Crippen MR) is 452 cm³/mol. The van der Waals surface area contributed by atoms with Gasteiger partial charge in [0.05, 0.1) is 0 Å². The molecule has 500 valence electrons. The molecule has 0 radical (unpaired) electrons. The fourth-order valence-electron chi connectivity index (χ4n) is 17.6. The maximum absolute atomic E-state index is 2.42. The second kappa shape index (κ2) is 26.1. The third kappa shape index (κ3) is 11.0.